The van der Waals surface area contributed by atoms with E-state index in [2.05, 4.69) is 10.6 Å². The second-order valence-corrected chi connectivity index (χ2v) is 6.98. The zero-order valence-electron chi connectivity index (χ0n) is 11.7. The fourth-order valence-electron chi connectivity index (χ4n) is 1.56. The van der Waals surface area contributed by atoms with Crippen LogP contribution in [0.1, 0.15) is 20.8 Å². The van der Waals surface area contributed by atoms with Gasteiger partial charge in [-0.1, -0.05) is 0 Å². The molecule has 0 aliphatic rings. The molecule has 1 aromatic rings. The molecule has 0 radical (unpaired) electrons. The number of carbonyl (C=O) groups is 1. The van der Waals surface area contributed by atoms with Crippen molar-refractivity contribution in [2.75, 3.05) is 17.6 Å². The van der Waals surface area contributed by atoms with Crippen molar-refractivity contribution in [3.05, 3.63) is 18.2 Å². The van der Waals surface area contributed by atoms with Gasteiger partial charge in [-0.05, 0) is 39.0 Å². The Hall–Kier alpha value is -1.80. The molecule has 0 heterocycles. The molecular formula is C12H20N4O3S. The van der Waals surface area contributed by atoms with Crippen molar-refractivity contribution in [1.82, 2.24) is 5.32 Å². The highest BCUT2D eigenvalue weighted by molar-refractivity contribution is 7.89. The van der Waals surface area contributed by atoms with Gasteiger partial charge >= 0.3 is 0 Å². The van der Waals surface area contributed by atoms with Crippen molar-refractivity contribution in [2.24, 2.45) is 5.14 Å². The molecule has 7 nitrogen and oxygen atoms in total. The Morgan fingerprint density at radius 3 is 2.40 bits per heavy atom. The van der Waals surface area contributed by atoms with Gasteiger partial charge in [0.1, 0.15) is 4.90 Å². The van der Waals surface area contributed by atoms with E-state index < -0.39 is 10.0 Å². The zero-order valence-corrected chi connectivity index (χ0v) is 12.5. The van der Waals surface area contributed by atoms with Crippen LogP contribution in [0.25, 0.3) is 0 Å². The van der Waals surface area contributed by atoms with E-state index >= 15 is 0 Å². The molecule has 0 saturated heterocycles. The van der Waals surface area contributed by atoms with Crippen LogP contribution in [0, 0.1) is 0 Å². The van der Waals surface area contributed by atoms with E-state index in [4.69, 9.17) is 10.9 Å². The summed E-state index contributed by atoms with van der Waals surface area (Å²) >= 11 is 0. The predicted molar refractivity (Wildman–Crippen MR) is 78.6 cm³/mol. The van der Waals surface area contributed by atoms with Crippen molar-refractivity contribution in [2.45, 2.75) is 31.2 Å². The predicted octanol–water partition coefficient (Wildman–Crippen LogP) is 0.243. The number of hydrogen-bond acceptors (Lipinski definition) is 5. The number of nitrogen functional groups attached to an aromatic ring is 1. The molecule has 0 aliphatic carbocycles. The molecule has 8 heteroatoms. The van der Waals surface area contributed by atoms with Gasteiger partial charge in [-0.15, -0.1) is 0 Å². The zero-order chi connectivity index (χ0) is 15.6. The summed E-state index contributed by atoms with van der Waals surface area (Å²) in [6.07, 6.45) is 0. The third kappa shape index (κ3) is 5.06. The quantitative estimate of drug-likeness (QED) is 0.592. The average Bonchev–Trinajstić information content (AvgIpc) is 2.23. The highest BCUT2D eigenvalue weighted by Gasteiger charge is 2.17. The second kappa shape index (κ2) is 5.68. The summed E-state index contributed by atoms with van der Waals surface area (Å²) in [7, 11) is -3.91. The maximum Gasteiger partial charge on any atom is 0.240 e. The molecule has 1 amide bonds. The van der Waals surface area contributed by atoms with Gasteiger partial charge in [0.2, 0.25) is 15.9 Å². The topological polar surface area (TPSA) is 127 Å². The molecule has 0 unspecified atom stereocenters. The number of hydrogen-bond donors (Lipinski definition) is 4. The molecule has 0 bridgehead atoms. The standard InChI is InChI=1S/C12H20N4O3S/c1-12(2,3)16-11(17)7-15-9-5-4-8(13)6-10(9)20(14,18)19/h4-6,15H,7,13H2,1-3H3,(H,16,17)(H2,14,18,19). The summed E-state index contributed by atoms with van der Waals surface area (Å²) in [4.78, 5) is 11.5. The highest BCUT2D eigenvalue weighted by atomic mass is 32.2. The van der Waals surface area contributed by atoms with Gasteiger partial charge in [0.05, 0.1) is 12.2 Å². The summed E-state index contributed by atoms with van der Waals surface area (Å²) in [5.41, 5.74) is 5.70. The number of benzene rings is 1. The van der Waals surface area contributed by atoms with Gasteiger partial charge in [-0.25, -0.2) is 13.6 Å². The first-order valence-corrected chi connectivity index (χ1v) is 7.51. The molecule has 0 spiro atoms. The fraction of sp³-hybridized carbons (Fsp3) is 0.417. The molecule has 0 aromatic heterocycles. The molecule has 1 aromatic carbocycles. The SMILES string of the molecule is CC(C)(C)NC(=O)CNc1ccc(N)cc1S(N)(=O)=O. The Balaban J connectivity index is 2.87. The van der Waals surface area contributed by atoms with E-state index in [1.54, 1.807) is 0 Å². The first-order chi connectivity index (χ1) is 8.99. The Morgan fingerprint density at radius 2 is 1.90 bits per heavy atom. The first kappa shape index (κ1) is 16.3. The van der Waals surface area contributed by atoms with Crippen LogP contribution in [0.15, 0.2) is 23.1 Å². The van der Waals surface area contributed by atoms with E-state index in [0.29, 0.717) is 0 Å². The maximum absolute atomic E-state index is 11.7. The van der Waals surface area contributed by atoms with Crippen molar-refractivity contribution in [1.29, 1.82) is 0 Å². The minimum Gasteiger partial charge on any atom is -0.399 e. The number of amides is 1. The summed E-state index contributed by atoms with van der Waals surface area (Å²) < 4.78 is 22.9. The number of nitrogens with one attached hydrogen (secondary N) is 2. The van der Waals surface area contributed by atoms with Crippen molar-refractivity contribution < 1.29 is 13.2 Å². The van der Waals surface area contributed by atoms with E-state index in [9.17, 15) is 13.2 Å². The van der Waals surface area contributed by atoms with Crippen LogP contribution in [0.4, 0.5) is 11.4 Å². The van der Waals surface area contributed by atoms with Crippen LogP contribution in [0.3, 0.4) is 0 Å². The minimum atomic E-state index is -3.91. The number of nitrogens with two attached hydrogens (primary N) is 2. The van der Waals surface area contributed by atoms with Gasteiger partial charge in [-0.2, -0.15) is 0 Å². The average molecular weight is 300 g/mol. The van der Waals surface area contributed by atoms with E-state index in [-0.39, 0.29) is 34.3 Å². The van der Waals surface area contributed by atoms with Crippen LogP contribution in [-0.2, 0) is 14.8 Å². The van der Waals surface area contributed by atoms with E-state index in [1.165, 1.54) is 18.2 Å². The van der Waals surface area contributed by atoms with Gasteiger partial charge in [0.15, 0.2) is 0 Å². The molecule has 0 aliphatic heterocycles. The lowest BCUT2D eigenvalue weighted by Gasteiger charge is -2.21. The first-order valence-electron chi connectivity index (χ1n) is 5.96. The van der Waals surface area contributed by atoms with Crippen LogP contribution in [0.2, 0.25) is 0 Å². The van der Waals surface area contributed by atoms with Crippen LogP contribution in [-0.4, -0.2) is 26.4 Å². The number of sulfonamides is 1. The molecule has 112 valence electrons. The second-order valence-electron chi connectivity index (χ2n) is 5.45. The Morgan fingerprint density at radius 1 is 1.30 bits per heavy atom. The normalized spacial score (nSPS) is 12.0. The Kier molecular flexibility index (Phi) is 4.61. The lowest BCUT2D eigenvalue weighted by Crippen LogP contribution is -2.43. The van der Waals surface area contributed by atoms with Crippen LogP contribution in [0.5, 0.6) is 0 Å². The molecular weight excluding hydrogens is 280 g/mol. The number of rotatable bonds is 4. The summed E-state index contributed by atoms with van der Waals surface area (Å²) in [5, 5.41) is 10.6. The van der Waals surface area contributed by atoms with Crippen molar-refractivity contribution in [3.8, 4) is 0 Å². The smallest absolute Gasteiger partial charge is 0.240 e. The third-order valence-corrected chi connectivity index (χ3v) is 3.22. The monoisotopic (exact) mass is 300 g/mol. The van der Waals surface area contributed by atoms with Gasteiger partial charge in [0, 0.05) is 11.2 Å². The number of carbonyl (C=O) groups excluding carboxylic acids is 1. The number of primary sulfonamides is 1. The molecule has 0 atom stereocenters. The molecule has 6 N–H and O–H groups in total. The highest BCUT2D eigenvalue weighted by Crippen LogP contribution is 2.22. The van der Waals surface area contributed by atoms with Gasteiger partial charge in [-0.3, -0.25) is 4.79 Å². The van der Waals surface area contributed by atoms with Crippen LogP contribution < -0.4 is 21.5 Å². The summed E-state index contributed by atoms with van der Waals surface area (Å²) in [6.45, 7) is 5.49. The summed E-state index contributed by atoms with van der Waals surface area (Å²) in [5.74, 6) is -0.255. The van der Waals surface area contributed by atoms with Gasteiger partial charge < -0.3 is 16.4 Å². The van der Waals surface area contributed by atoms with Crippen molar-refractivity contribution in [3.63, 3.8) is 0 Å². The molecule has 0 fully saturated rings. The fourth-order valence-corrected chi connectivity index (χ4v) is 2.31. The van der Waals surface area contributed by atoms with E-state index in [1.807, 2.05) is 20.8 Å². The largest absolute Gasteiger partial charge is 0.399 e. The molecule has 20 heavy (non-hydrogen) atoms. The number of anilines is 2. The van der Waals surface area contributed by atoms with Crippen LogP contribution >= 0.6 is 0 Å². The molecule has 1 rings (SSSR count). The Bertz CT molecular complexity index is 606. The lowest BCUT2D eigenvalue weighted by molar-refractivity contribution is -0.120. The Labute approximate surface area is 118 Å². The van der Waals surface area contributed by atoms with E-state index in [0.717, 1.165) is 0 Å². The lowest BCUT2D eigenvalue weighted by atomic mass is 10.1. The molecule has 0 saturated carbocycles. The maximum atomic E-state index is 11.7. The van der Waals surface area contributed by atoms with Crippen molar-refractivity contribution >= 4 is 27.3 Å². The third-order valence-electron chi connectivity index (χ3n) is 2.27. The summed E-state index contributed by atoms with van der Waals surface area (Å²) in [6, 6.07) is 4.25. The van der Waals surface area contributed by atoms with Gasteiger partial charge in [0.25, 0.3) is 0 Å². The minimum absolute atomic E-state index is 0.0658.